The summed E-state index contributed by atoms with van der Waals surface area (Å²) in [6.45, 7) is 12.2. The lowest BCUT2D eigenvalue weighted by atomic mass is 9.95. The monoisotopic (exact) mass is 308 g/mol. The van der Waals surface area contributed by atoms with Crippen molar-refractivity contribution in [3.8, 4) is 0 Å². The van der Waals surface area contributed by atoms with Gasteiger partial charge in [0.05, 0.1) is 11.4 Å². The number of hydrogen-bond acceptors (Lipinski definition) is 3. The Kier molecular flexibility index (Phi) is 7.61. The van der Waals surface area contributed by atoms with E-state index in [-0.39, 0.29) is 0 Å². The fraction of sp³-hybridized carbons (Fsp3) is 0.250. The lowest BCUT2D eigenvalue weighted by Crippen LogP contribution is -2.00. The standard InChI is InChI=1S/C20H24N2O/c1-5-17(6-2)15(3)8-7-12-22-20(11-13-23)18-9-10-19(21)16(4)14-18/h7-14,17,21H,3-6H2,1-2H3/b8-7-,20-11-,21-19?,22-12-. The maximum absolute atomic E-state index is 10.8. The van der Waals surface area contributed by atoms with Crippen molar-refractivity contribution in [2.45, 2.75) is 26.7 Å². The third-order valence-corrected chi connectivity index (χ3v) is 3.75. The van der Waals surface area contributed by atoms with Crippen LogP contribution in [-0.4, -0.2) is 18.2 Å². The Morgan fingerprint density at radius 1 is 1.35 bits per heavy atom. The molecule has 0 saturated carbocycles. The van der Waals surface area contributed by atoms with E-state index in [0.717, 1.165) is 24.0 Å². The number of rotatable bonds is 8. The highest BCUT2D eigenvalue weighted by Gasteiger charge is 2.08. The van der Waals surface area contributed by atoms with Crippen molar-refractivity contribution >= 4 is 18.2 Å². The van der Waals surface area contributed by atoms with Crippen molar-refractivity contribution in [2.24, 2.45) is 10.9 Å². The quantitative estimate of drug-likeness (QED) is 0.299. The molecule has 1 aliphatic carbocycles. The van der Waals surface area contributed by atoms with Crippen molar-refractivity contribution in [3.63, 3.8) is 0 Å². The lowest BCUT2D eigenvalue weighted by molar-refractivity contribution is -0.104. The highest BCUT2D eigenvalue weighted by Crippen LogP contribution is 2.20. The van der Waals surface area contributed by atoms with Crippen LogP contribution in [-0.2, 0) is 4.79 Å². The number of aliphatic imine (C=N–C) groups is 1. The number of carbonyl (C=O) groups is 1. The molecule has 0 bridgehead atoms. The number of nitrogens with zero attached hydrogens (tertiary/aromatic N) is 1. The molecule has 0 saturated heterocycles. The van der Waals surface area contributed by atoms with Gasteiger partial charge in [0.1, 0.15) is 6.29 Å². The summed E-state index contributed by atoms with van der Waals surface area (Å²) in [6, 6.07) is 0. The first-order chi connectivity index (χ1) is 11.0. The number of hydrogen-bond donors (Lipinski definition) is 1. The van der Waals surface area contributed by atoms with E-state index in [1.807, 2.05) is 12.2 Å². The Bertz CT molecular complexity index is 639. The summed E-state index contributed by atoms with van der Waals surface area (Å²) in [7, 11) is 0. The van der Waals surface area contributed by atoms with Gasteiger partial charge in [-0.15, -0.1) is 0 Å². The van der Waals surface area contributed by atoms with Crippen LogP contribution in [0.2, 0.25) is 0 Å². The molecule has 0 aromatic rings. The van der Waals surface area contributed by atoms with Gasteiger partial charge in [0, 0.05) is 17.9 Å². The van der Waals surface area contributed by atoms with Crippen molar-refractivity contribution in [2.75, 3.05) is 0 Å². The zero-order valence-corrected chi connectivity index (χ0v) is 13.9. The third kappa shape index (κ3) is 5.62. The van der Waals surface area contributed by atoms with Crippen LogP contribution in [0.15, 0.2) is 77.0 Å². The van der Waals surface area contributed by atoms with Crippen LogP contribution in [0.4, 0.5) is 0 Å². The summed E-state index contributed by atoms with van der Waals surface area (Å²) < 4.78 is 0. The summed E-state index contributed by atoms with van der Waals surface area (Å²) in [5.41, 5.74) is 3.36. The second-order valence-corrected chi connectivity index (χ2v) is 5.29. The van der Waals surface area contributed by atoms with Crippen LogP contribution >= 0.6 is 0 Å². The van der Waals surface area contributed by atoms with Crippen LogP contribution in [0.1, 0.15) is 26.7 Å². The largest absolute Gasteiger partial charge is 0.300 e. The fourth-order valence-electron chi connectivity index (χ4n) is 2.27. The van der Waals surface area contributed by atoms with Crippen LogP contribution < -0.4 is 0 Å². The normalized spacial score (nSPS) is 15.8. The van der Waals surface area contributed by atoms with E-state index in [9.17, 15) is 4.79 Å². The summed E-state index contributed by atoms with van der Waals surface area (Å²) >= 11 is 0. The van der Waals surface area contributed by atoms with E-state index in [1.165, 1.54) is 6.08 Å². The highest BCUT2D eigenvalue weighted by atomic mass is 16.1. The molecule has 3 nitrogen and oxygen atoms in total. The zero-order chi connectivity index (χ0) is 17.2. The first kappa shape index (κ1) is 18.5. The van der Waals surface area contributed by atoms with E-state index in [2.05, 4.69) is 32.0 Å². The van der Waals surface area contributed by atoms with Gasteiger partial charge < -0.3 is 5.41 Å². The van der Waals surface area contributed by atoms with E-state index in [1.54, 1.807) is 24.4 Å². The lowest BCUT2D eigenvalue weighted by Gasteiger charge is -2.11. The molecule has 0 fully saturated rings. The van der Waals surface area contributed by atoms with Crippen molar-refractivity contribution in [1.29, 1.82) is 5.41 Å². The predicted octanol–water partition coefficient (Wildman–Crippen LogP) is 4.76. The molecule has 1 aliphatic rings. The van der Waals surface area contributed by atoms with Crippen molar-refractivity contribution in [3.05, 3.63) is 72.0 Å². The Morgan fingerprint density at radius 2 is 2.04 bits per heavy atom. The third-order valence-electron chi connectivity index (χ3n) is 3.75. The Labute approximate surface area is 138 Å². The van der Waals surface area contributed by atoms with Gasteiger partial charge in [-0.25, -0.2) is 0 Å². The average molecular weight is 308 g/mol. The fourth-order valence-corrected chi connectivity index (χ4v) is 2.27. The van der Waals surface area contributed by atoms with E-state index < -0.39 is 0 Å². The second kappa shape index (κ2) is 9.46. The van der Waals surface area contributed by atoms with Gasteiger partial charge in [-0.3, -0.25) is 9.79 Å². The molecule has 0 radical (unpaired) electrons. The topological polar surface area (TPSA) is 53.3 Å². The Morgan fingerprint density at radius 3 is 2.61 bits per heavy atom. The maximum atomic E-state index is 10.8. The van der Waals surface area contributed by atoms with E-state index in [4.69, 9.17) is 5.41 Å². The molecule has 23 heavy (non-hydrogen) atoms. The predicted molar refractivity (Wildman–Crippen MR) is 99.1 cm³/mol. The van der Waals surface area contributed by atoms with Gasteiger partial charge in [-0.05, 0) is 42.6 Å². The molecular weight excluding hydrogens is 284 g/mol. The van der Waals surface area contributed by atoms with E-state index >= 15 is 0 Å². The summed E-state index contributed by atoms with van der Waals surface area (Å²) in [5.74, 6) is 0.489. The molecule has 0 aromatic heterocycles. The summed E-state index contributed by atoms with van der Waals surface area (Å²) in [5, 5.41) is 7.64. The van der Waals surface area contributed by atoms with Gasteiger partial charge in [0.2, 0.25) is 0 Å². The Balaban J connectivity index is 2.84. The SMILES string of the molecule is C=C1C=C(C(=C/C=O)/N=C\C=C/C(=C)C(CC)CC)C=CC1=N. The second-order valence-electron chi connectivity index (χ2n) is 5.29. The minimum Gasteiger partial charge on any atom is -0.300 e. The van der Waals surface area contributed by atoms with Crippen LogP contribution in [0.25, 0.3) is 0 Å². The molecule has 0 amide bonds. The smallest absolute Gasteiger partial charge is 0.145 e. The number of nitrogens with one attached hydrogen (secondary N) is 1. The van der Waals surface area contributed by atoms with Crippen LogP contribution in [0.3, 0.4) is 0 Å². The number of allylic oxidation sites excluding steroid dienone is 8. The molecule has 120 valence electrons. The van der Waals surface area contributed by atoms with E-state index in [0.29, 0.717) is 29.2 Å². The minimum atomic E-state index is 0.365. The van der Waals surface area contributed by atoms with Crippen molar-refractivity contribution < 1.29 is 4.79 Å². The number of carbonyl (C=O) groups excluding carboxylic acids is 1. The molecule has 0 unspecified atom stereocenters. The molecular formula is C20H24N2O. The molecule has 1 rings (SSSR count). The molecule has 0 spiro atoms. The minimum absolute atomic E-state index is 0.365. The molecule has 1 N–H and O–H groups in total. The Hall–Kier alpha value is -2.55. The average Bonchev–Trinajstić information content (AvgIpc) is 2.54. The zero-order valence-electron chi connectivity index (χ0n) is 13.9. The molecule has 3 heteroatoms. The summed E-state index contributed by atoms with van der Waals surface area (Å²) in [4.78, 5) is 15.1. The molecule has 0 heterocycles. The van der Waals surface area contributed by atoms with Gasteiger partial charge in [0.25, 0.3) is 0 Å². The first-order valence-corrected chi connectivity index (χ1v) is 7.76. The number of aldehydes is 1. The van der Waals surface area contributed by atoms with Gasteiger partial charge >= 0.3 is 0 Å². The first-order valence-electron chi connectivity index (χ1n) is 7.76. The maximum Gasteiger partial charge on any atom is 0.145 e. The molecule has 0 atom stereocenters. The highest BCUT2D eigenvalue weighted by molar-refractivity contribution is 6.09. The van der Waals surface area contributed by atoms with Crippen molar-refractivity contribution in [1.82, 2.24) is 0 Å². The summed E-state index contributed by atoms with van der Waals surface area (Å²) in [6.07, 6.45) is 14.9. The van der Waals surface area contributed by atoms with Gasteiger partial charge in [0.15, 0.2) is 0 Å². The molecule has 0 aromatic carbocycles. The van der Waals surface area contributed by atoms with Crippen LogP contribution in [0.5, 0.6) is 0 Å². The van der Waals surface area contributed by atoms with Crippen LogP contribution in [0, 0.1) is 11.3 Å². The molecule has 0 aliphatic heterocycles. The van der Waals surface area contributed by atoms with Gasteiger partial charge in [-0.1, -0.05) is 44.7 Å². The van der Waals surface area contributed by atoms with Gasteiger partial charge in [-0.2, -0.15) is 0 Å².